The summed E-state index contributed by atoms with van der Waals surface area (Å²) in [5, 5.41) is 7.69. The number of likely N-dealkylation sites (tertiary alicyclic amines) is 1. The SMILES string of the molecule is CCN1CCC(N(C)C(CC(=N)N)c2ccccc2)CC1. The Bertz CT molecular complexity index is 437. The largest absolute Gasteiger partial charge is 0.388 e. The molecule has 1 fully saturated rings. The van der Waals surface area contributed by atoms with E-state index in [1.807, 2.05) is 6.07 Å². The van der Waals surface area contributed by atoms with Crippen molar-refractivity contribution >= 4 is 5.84 Å². The third-order valence-corrected chi connectivity index (χ3v) is 4.67. The number of rotatable bonds is 6. The van der Waals surface area contributed by atoms with Crippen LogP contribution in [0.1, 0.15) is 37.8 Å². The topological polar surface area (TPSA) is 56.4 Å². The molecular weight excluding hydrogens is 260 g/mol. The van der Waals surface area contributed by atoms with Crippen molar-refractivity contribution in [1.29, 1.82) is 5.41 Å². The lowest BCUT2D eigenvalue weighted by Crippen LogP contribution is -2.45. The third kappa shape index (κ3) is 4.29. The highest BCUT2D eigenvalue weighted by Crippen LogP contribution is 2.28. The van der Waals surface area contributed by atoms with Gasteiger partial charge in [-0.05, 0) is 45.1 Å². The maximum atomic E-state index is 7.69. The third-order valence-electron chi connectivity index (χ3n) is 4.67. The average molecular weight is 288 g/mol. The first-order valence-electron chi connectivity index (χ1n) is 7.94. The maximum absolute atomic E-state index is 7.69. The number of nitrogens with one attached hydrogen (secondary N) is 1. The molecule has 0 aromatic heterocycles. The predicted octanol–water partition coefficient (Wildman–Crippen LogP) is 2.47. The molecule has 0 spiro atoms. The van der Waals surface area contributed by atoms with Crippen LogP contribution in [0.15, 0.2) is 30.3 Å². The molecule has 0 aliphatic carbocycles. The Morgan fingerprint density at radius 1 is 1.33 bits per heavy atom. The fourth-order valence-electron chi connectivity index (χ4n) is 3.28. The van der Waals surface area contributed by atoms with Gasteiger partial charge in [-0.1, -0.05) is 37.3 Å². The Kier molecular flexibility index (Phi) is 5.76. The molecule has 1 aliphatic rings. The van der Waals surface area contributed by atoms with Crippen molar-refractivity contribution in [1.82, 2.24) is 9.80 Å². The van der Waals surface area contributed by atoms with Crippen LogP contribution in [-0.4, -0.2) is 48.4 Å². The second-order valence-corrected chi connectivity index (χ2v) is 5.99. The first kappa shape index (κ1) is 16.0. The van der Waals surface area contributed by atoms with Gasteiger partial charge in [0.2, 0.25) is 0 Å². The van der Waals surface area contributed by atoms with Crippen molar-refractivity contribution < 1.29 is 0 Å². The molecule has 2 rings (SSSR count). The highest BCUT2D eigenvalue weighted by molar-refractivity contribution is 5.77. The maximum Gasteiger partial charge on any atom is 0.0924 e. The van der Waals surface area contributed by atoms with Crippen LogP contribution in [0.5, 0.6) is 0 Å². The molecule has 0 bridgehead atoms. The van der Waals surface area contributed by atoms with Crippen molar-refractivity contribution in [3.8, 4) is 0 Å². The quantitative estimate of drug-likeness (QED) is 0.624. The summed E-state index contributed by atoms with van der Waals surface area (Å²) < 4.78 is 0. The number of nitrogens with two attached hydrogens (primary N) is 1. The molecule has 1 aromatic carbocycles. The lowest BCUT2D eigenvalue weighted by Gasteiger charge is -2.40. The van der Waals surface area contributed by atoms with E-state index >= 15 is 0 Å². The van der Waals surface area contributed by atoms with Gasteiger partial charge in [-0.2, -0.15) is 0 Å². The summed E-state index contributed by atoms with van der Waals surface area (Å²) in [6.07, 6.45) is 3.01. The molecule has 116 valence electrons. The molecule has 3 N–H and O–H groups in total. The lowest BCUT2D eigenvalue weighted by atomic mass is 9.96. The van der Waals surface area contributed by atoms with Crippen molar-refractivity contribution in [2.24, 2.45) is 5.73 Å². The molecular formula is C17H28N4. The zero-order valence-electron chi connectivity index (χ0n) is 13.3. The number of benzene rings is 1. The molecule has 1 heterocycles. The monoisotopic (exact) mass is 288 g/mol. The van der Waals surface area contributed by atoms with Gasteiger partial charge in [-0.15, -0.1) is 0 Å². The standard InChI is InChI=1S/C17H28N4/c1-3-21-11-9-15(10-12-21)20(2)16(13-17(18)19)14-7-5-4-6-8-14/h4-8,15-16H,3,9-13H2,1-2H3,(H3,18,19). The molecule has 0 radical (unpaired) electrons. The Hall–Kier alpha value is -1.39. The summed E-state index contributed by atoms with van der Waals surface area (Å²) in [5.41, 5.74) is 6.95. The lowest BCUT2D eigenvalue weighted by molar-refractivity contribution is 0.100. The molecule has 0 saturated carbocycles. The molecule has 1 atom stereocenters. The van der Waals surface area contributed by atoms with E-state index in [2.05, 4.69) is 48.0 Å². The van der Waals surface area contributed by atoms with E-state index in [0.717, 1.165) is 6.54 Å². The summed E-state index contributed by atoms with van der Waals surface area (Å²) in [6, 6.07) is 11.2. The van der Waals surface area contributed by atoms with Crippen LogP contribution < -0.4 is 5.73 Å². The zero-order valence-corrected chi connectivity index (χ0v) is 13.3. The van der Waals surface area contributed by atoms with Crippen molar-refractivity contribution in [2.75, 3.05) is 26.7 Å². The fraction of sp³-hybridized carbons (Fsp3) is 0.588. The summed E-state index contributed by atoms with van der Waals surface area (Å²) in [4.78, 5) is 4.94. The normalized spacial score (nSPS) is 18.8. The first-order chi connectivity index (χ1) is 10.1. The molecule has 1 unspecified atom stereocenters. The van der Waals surface area contributed by atoms with Crippen LogP contribution >= 0.6 is 0 Å². The molecule has 1 aromatic rings. The van der Waals surface area contributed by atoms with Gasteiger partial charge in [-0.25, -0.2) is 0 Å². The smallest absolute Gasteiger partial charge is 0.0924 e. The van der Waals surface area contributed by atoms with Gasteiger partial charge >= 0.3 is 0 Å². The van der Waals surface area contributed by atoms with Crippen molar-refractivity contribution in [3.63, 3.8) is 0 Å². The molecule has 4 nitrogen and oxygen atoms in total. The zero-order chi connectivity index (χ0) is 15.2. The minimum Gasteiger partial charge on any atom is -0.388 e. The van der Waals surface area contributed by atoms with Crippen molar-refractivity contribution in [2.45, 2.75) is 38.3 Å². The van der Waals surface area contributed by atoms with E-state index in [4.69, 9.17) is 11.1 Å². The molecule has 1 saturated heterocycles. The van der Waals surface area contributed by atoms with Crippen LogP contribution in [0.4, 0.5) is 0 Å². The van der Waals surface area contributed by atoms with Gasteiger partial charge in [0, 0.05) is 18.5 Å². The van der Waals surface area contributed by atoms with Gasteiger partial charge in [-0.3, -0.25) is 10.3 Å². The highest BCUT2D eigenvalue weighted by Gasteiger charge is 2.27. The summed E-state index contributed by atoms with van der Waals surface area (Å²) in [5.74, 6) is 0.265. The second-order valence-electron chi connectivity index (χ2n) is 5.99. The molecule has 1 aliphatic heterocycles. The number of amidine groups is 1. The van der Waals surface area contributed by atoms with E-state index in [9.17, 15) is 0 Å². The Morgan fingerprint density at radius 3 is 2.48 bits per heavy atom. The average Bonchev–Trinajstić information content (AvgIpc) is 2.53. The van der Waals surface area contributed by atoms with E-state index < -0.39 is 0 Å². The number of nitrogens with zero attached hydrogens (tertiary/aromatic N) is 2. The number of hydrogen-bond donors (Lipinski definition) is 2. The first-order valence-corrected chi connectivity index (χ1v) is 7.94. The van der Waals surface area contributed by atoms with Gasteiger partial charge in [0.05, 0.1) is 5.84 Å². The molecule has 4 heteroatoms. The fourth-order valence-corrected chi connectivity index (χ4v) is 3.28. The van der Waals surface area contributed by atoms with Crippen LogP contribution in [0.25, 0.3) is 0 Å². The minimum atomic E-state index is 0.210. The van der Waals surface area contributed by atoms with Gasteiger partial charge in [0.25, 0.3) is 0 Å². The minimum absolute atomic E-state index is 0.210. The van der Waals surface area contributed by atoms with Gasteiger partial charge < -0.3 is 10.6 Å². The molecule has 0 amide bonds. The van der Waals surface area contributed by atoms with E-state index in [1.54, 1.807) is 0 Å². The summed E-state index contributed by atoms with van der Waals surface area (Å²) in [7, 11) is 2.19. The second kappa shape index (κ2) is 7.57. The Labute approximate surface area is 128 Å². The number of hydrogen-bond acceptors (Lipinski definition) is 3. The van der Waals surface area contributed by atoms with Gasteiger partial charge in [0.1, 0.15) is 0 Å². The van der Waals surface area contributed by atoms with Crippen molar-refractivity contribution in [3.05, 3.63) is 35.9 Å². The summed E-state index contributed by atoms with van der Waals surface area (Å²) in [6.45, 7) is 5.72. The van der Waals surface area contributed by atoms with Crippen LogP contribution in [-0.2, 0) is 0 Å². The predicted molar refractivity (Wildman–Crippen MR) is 88.6 cm³/mol. The van der Waals surface area contributed by atoms with E-state index in [0.29, 0.717) is 12.5 Å². The Morgan fingerprint density at radius 2 is 1.95 bits per heavy atom. The Balaban J connectivity index is 2.08. The number of piperidine rings is 1. The highest BCUT2D eigenvalue weighted by atomic mass is 15.2. The summed E-state index contributed by atoms with van der Waals surface area (Å²) >= 11 is 0. The van der Waals surface area contributed by atoms with E-state index in [-0.39, 0.29) is 11.9 Å². The van der Waals surface area contributed by atoms with Gasteiger partial charge in [0.15, 0.2) is 0 Å². The molecule has 21 heavy (non-hydrogen) atoms. The van der Waals surface area contributed by atoms with Crippen LogP contribution in [0.2, 0.25) is 0 Å². The van der Waals surface area contributed by atoms with Crippen LogP contribution in [0, 0.1) is 5.41 Å². The van der Waals surface area contributed by atoms with E-state index in [1.165, 1.54) is 31.5 Å². The van der Waals surface area contributed by atoms with Crippen LogP contribution in [0.3, 0.4) is 0 Å².